The van der Waals surface area contributed by atoms with Crippen LogP contribution in [0.4, 0.5) is 6.01 Å². The van der Waals surface area contributed by atoms with Gasteiger partial charge in [-0.1, -0.05) is 11.2 Å². The molecule has 2 aromatic rings. The molecule has 78 valence electrons. The topological polar surface area (TPSA) is 89.9 Å². The predicted octanol–water partition coefficient (Wildman–Crippen LogP) is 0.535. The van der Waals surface area contributed by atoms with E-state index < -0.39 is 0 Å². The lowest BCUT2D eigenvalue weighted by molar-refractivity contribution is 0.507. The number of rotatable bonds is 4. The smallest absolute Gasteiger partial charge is 0.315 e. The van der Waals surface area contributed by atoms with Crippen LogP contribution in [0.25, 0.3) is 0 Å². The summed E-state index contributed by atoms with van der Waals surface area (Å²) in [5.74, 6) is 0.420. The summed E-state index contributed by atoms with van der Waals surface area (Å²) in [5.41, 5.74) is 6.38. The summed E-state index contributed by atoms with van der Waals surface area (Å²) in [6.45, 7) is 0.849. The minimum atomic E-state index is 0.252. The third-order valence-electron chi connectivity index (χ3n) is 1.81. The van der Waals surface area contributed by atoms with Crippen LogP contribution in [0.15, 0.2) is 28.9 Å². The van der Waals surface area contributed by atoms with Crippen LogP contribution in [0.1, 0.15) is 11.5 Å². The second-order valence-electron chi connectivity index (χ2n) is 2.92. The molecule has 0 aromatic carbocycles. The second-order valence-corrected chi connectivity index (χ2v) is 2.92. The minimum Gasteiger partial charge on any atom is -0.407 e. The Bertz CT molecular complexity index is 413. The molecule has 0 aliphatic heterocycles. The molecule has 0 unspecified atom stereocenters. The van der Waals surface area contributed by atoms with Crippen molar-refractivity contribution in [3.05, 3.63) is 36.0 Å². The Labute approximate surface area is 86.5 Å². The summed E-state index contributed by atoms with van der Waals surface area (Å²) in [5, 5.41) is 10.5. The lowest BCUT2D eigenvalue weighted by Crippen LogP contribution is -1.99. The quantitative estimate of drug-likeness (QED) is 0.757. The van der Waals surface area contributed by atoms with Crippen LogP contribution < -0.4 is 11.1 Å². The van der Waals surface area contributed by atoms with Crippen molar-refractivity contribution in [1.82, 2.24) is 15.2 Å². The maximum Gasteiger partial charge on any atom is 0.315 e. The molecule has 6 heteroatoms. The lowest BCUT2D eigenvalue weighted by Gasteiger charge is -1.99. The van der Waals surface area contributed by atoms with E-state index in [1.165, 1.54) is 0 Å². The molecule has 0 atom stereocenters. The van der Waals surface area contributed by atoms with Gasteiger partial charge in [-0.25, -0.2) is 0 Å². The normalized spacial score (nSPS) is 10.2. The van der Waals surface area contributed by atoms with E-state index in [4.69, 9.17) is 10.2 Å². The number of anilines is 1. The molecule has 0 radical (unpaired) electrons. The van der Waals surface area contributed by atoms with Crippen LogP contribution in [0.3, 0.4) is 0 Å². The van der Waals surface area contributed by atoms with E-state index in [0.29, 0.717) is 18.5 Å². The van der Waals surface area contributed by atoms with Crippen molar-refractivity contribution in [2.45, 2.75) is 13.1 Å². The Hall–Kier alpha value is -1.95. The van der Waals surface area contributed by atoms with Crippen molar-refractivity contribution < 1.29 is 4.42 Å². The molecule has 0 spiro atoms. The molecule has 0 amide bonds. The largest absolute Gasteiger partial charge is 0.407 e. The number of nitrogens with one attached hydrogen (secondary N) is 1. The Morgan fingerprint density at radius 2 is 2.33 bits per heavy atom. The van der Waals surface area contributed by atoms with Gasteiger partial charge in [0.15, 0.2) is 0 Å². The van der Waals surface area contributed by atoms with E-state index in [-0.39, 0.29) is 6.54 Å². The minimum absolute atomic E-state index is 0.252. The molecule has 2 aromatic heterocycles. The maximum atomic E-state index is 5.34. The molecule has 15 heavy (non-hydrogen) atoms. The molecular formula is C9H11N5O. The molecule has 0 saturated carbocycles. The van der Waals surface area contributed by atoms with Crippen molar-refractivity contribution in [1.29, 1.82) is 0 Å². The number of hydrogen-bond donors (Lipinski definition) is 2. The first kappa shape index (κ1) is 9.60. The standard InChI is InChI=1S/C9H11N5O/c10-4-8-13-14-9(15-8)12-6-7-2-1-3-11-5-7/h1-3,5H,4,6,10H2,(H,12,14). The molecule has 0 fully saturated rings. The van der Waals surface area contributed by atoms with Gasteiger partial charge in [0.05, 0.1) is 6.54 Å². The van der Waals surface area contributed by atoms with Crippen LogP contribution in [-0.4, -0.2) is 15.2 Å². The zero-order valence-electron chi connectivity index (χ0n) is 8.05. The second kappa shape index (κ2) is 4.52. The van der Waals surface area contributed by atoms with Gasteiger partial charge in [0.25, 0.3) is 0 Å². The first-order chi connectivity index (χ1) is 7.38. The number of nitrogens with two attached hydrogens (primary N) is 1. The average Bonchev–Trinajstić information content (AvgIpc) is 2.76. The van der Waals surface area contributed by atoms with Crippen LogP contribution in [0.5, 0.6) is 0 Å². The zero-order chi connectivity index (χ0) is 10.5. The number of pyridine rings is 1. The Morgan fingerprint density at radius 3 is 3.00 bits per heavy atom. The molecule has 0 aliphatic carbocycles. The van der Waals surface area contributed by atoms with Crippen molar-refractivity contribution in [3.8, 4) is 0 Å². The highest BCUT2D eigenvalue weighted by Gasteiger charge is 2.02. The molecule has 0 saturated heterocycles. The van der Waals surface area contributed by atoms with Gasteiger partial charge in [-0.05, 0) is 11.6 Å². The fraction of sp³-hybridized carbons (Fsp3) is 0.222. The first-order valence-corrected chi connectivity index (χ1v) is 4.53. The van der Waals surface area contributed by atoms with Crippen molar-refractivity contribution in [3.63, 3.8) is 0 Å². The summed E-state index contributed by atoms with van der Waals surface area (Å²) in [7, 11) is 0. The zero-order valence-corrected chi connectivity index (χ0v) is 8.05. The van der Waals surface area contributed by atoms with E-state index >= 15 is 0 Å². The fourth-order valence-electron chi connectivity index (χ4n) is 1.09. The molecule has 6 nitrogen and oxygen atoms in total. The summed E-state index contributed by atoms with van der Waals surface area (Å²) in [4.78, 5) is 3.99. The van der Waals surface area contributed by atoms with Gasteiger partial charge in [-0.15, -0.1) is 5.10 Å². The SMILES string of the molecule is NCc1nnc(NCc2cccnc2)o1. The van der Waals surface area contributed by atoms with E-state index in [1.54, 1.807) is 12.4 Å². The maximum absolute atomic E-state index is 5.34. The summed E-state index contributed by atoms with van der Waals surface area (Å²) in [6.07, 6.45) is 3.50. The van der Waals surface area contributed by atoms with Gasteiger partial charge in [0.1, 0.15) is 0 Å². The molecule has 2 rings (SSSR count). The van der Waals surface area contributed by atoms with Gasteiger partial charge >= 0.3 is 6.01 Å². The van der Waals surface area contributed by atoms with Crippen LogP contribution in [0, 0.1) is 0 Å². The third-order valence-corrected chi connectivity index (χ3v) is 1.81. The lowest BCUT2D eigenvalue weighted by atomic mass is 10.3. The molecule has 2 heterocycles. The molecule has 0 bridgehead atoms. The Kier molecular flexibility index (Phi) is 2.89. The molecule has 3 N–H and O–H groups in total. The third kappa shape index (κ3) is 2.50. The van der Waals surface area contributed by atoms with Crippen LogP contribution >= 0.6 is 0 Å². The highest BCUT2D eigenvalue weighted by atomic mass is 16.4. The molecule has 0 aliphatic rings. The number of aromatic nitrogens is 3. The Balaban J connectivity index is 1.93. The van der Waals surface area contributed by atoms with E-state index in [0.717, 1.165) is 5.56 Å². The van der Waals surface area contributed by atoms with E-state index in [1.807, 2.05) is 12.1 Å². The van der Waals surface area contributed by atoms with Crippen LogP contribution in [-0.2, 0) is 13.1 Å². The van der Waals surface area contributed by atoms with Gasteiger partial charge in [-0.3, -0.25) is 4.98 Å². The highest BCUT2D eigenvalue weighted by Crippen LogP contribution is 2.06. The monoisotopic (exact) mass is 205 g/mol. The average molecular weight is 205 g/mol. The Morgan fingerprint density at radius 1 is 1.40 bits per heavy atom. The van der Waals surface area contributed by atoms with Crippen molar-refractivity contribution >= 4 is 6.01 Å². The molecular weight excluding hydrogens is 194 g/mol. The first-order valence-electron chi connectivity index (χ1n) is 4.53. The van der Waals surface area contributed by atoms with Gasteiger partial charge in [0, 0.05) is 18.9 Å². The summed E-state index contributed by atoms with van der Waals surface area (Å²) < 4.78 is 5.18. The summed E-state index contributed by atoms with van der Waals surface area (Å²) >= 11 is 0. The van der Waals surface area contributed by atoms with Gasteiger partial charge < -0.3 is 15.5 Å². The van der Waals surface area contributed by atoms with E-state index in [2.05, 4.69) is 20.5 Å². The van der Waals surface area contributed by atoms with Gasteiger partial charge in [-0.2, -0.15) is 0 Å². The van der Waals surface area contributed by atoms with Gasteiger partial charge in [0.2, 0.25) is 5.89 Å². The number of hydrogen-bond acceptors (Lipinski definition) is 6. The predicted molar refractivity (Wildman–Crippen MR) is 53.8 cm³/mol. The van der Waals surface area contributed by atoms with Crippen LogP contribution in [0.2, 0.25) is 0 Å². The number of nitrogens with zero attached hydrogens (tertiary/aromatic N) is 3. The highest BCUT2D eigenvalue weighted by molar-refractivity contribution is 5.21. The van der Waals surface area contributed by atoms with E-state index in [9.17, 15) is 0 Å². The fourth-order valence-corrected chi connectivity index (χ4v) is 1.09. The summed E-state index contributed by atoms with van der Waals surface area (Å²) in [6, 6.07) is 4.20. The van der Waals surface area contributed by atoms with Crippen molar-refractivity contribution in [2.24, 2.45) is 5.73 Å². The van der Waals surface area contributed by atoms with Crippen molar-refractivity contribution in [2.75, 3.05) is 5.32 Å².